The van der Waals surface area contributed by atoms with E-state index in [-0.39, 0.29) is 25.7 Å². The smallest absolute Gasteiger partial charge is 0.462 e. The molecule has 0 fully saturated rings. The van der Waals surface area contributed by atoms with Crippen LogP contribution in [0.4, 0.5) is 0 Å². The minimum Gasteiger partial charge on any atom is -0.462 e. The number of aliphatic hydroxyl groups excluding tert-OH is 1. The SMILES string of the molecule is CCCCCCCCCCCCCCCCCCC(=O)OC[C@H](COP(=O)(O)OC[C@@H](O)COP(=O)(O)OC[C@@H](COC(=O)CCCCCCCCC(C)CC)OC(=O)CCCCCCCCCCCC(C)C)OC(=O)CCCCCCCCCCCCCCCCC(C)CC. The van der Waals surface area contributed by atoms with Gasteiger partial charge in [0.05, 0.1) is 26.4 Å². The summed E-state index contributed by atoms with van der Waals surface area (Å²) in [4.78, 5) is 72.8. The quantitative estimate of drug-likeness (QED) is 0.0222. The Morgan fingerprint density at radius 3 is 0.792 bits per heavy atom. The number of hydrogen-bond donors (Lipinski definition) is 3. The molecule has 0 aromatic heterocycles. The Morgan fingerprint density at radius 1 is 0.302 bits per heavy atom. The first-order valence-electron chi connectivity index (χ1n) is 39.9. The monoisotopic (exact) mass is 1410 g/mol. The maximum Gasteiger partial charge on any atom is 0.472 e. The number of carbonyl (C=O) groups is 4. The molecule has 0 saturated carbocycles. The van der Waals surface area contributed by atoms with Crippen molar-refractivity contribution in [1.82, 2.24) is 0 Å². The van der Waals surface area contributed by atoms with Crippen LogP contribution in [-0.2, 0) is 65.4 Å². The van der Waals surface area contributed by atoms with Crippen molar-refractivity contribution in [3.05, 3.63) is 0 Å². The van der Waals surface area contributed by atoms with Crippen molar-refractivity contribution in [2.75, 3.05) is 39.6 Å². The van der Waals surface area contributed by atoms with E-state index in [9.17, 15) is 43.2 Å². The highest BCUT2D eigenvalue weighted by Gasteiger charge is 2.30. The highest BCUT2D eigenvalue weighted by molar-refractivity contribution is 7.47. The highest BCUT2D eigenvalue weighted by atomic mass is 31.2. The topological polar surface area (TPSA) is 237 Å². The second-order valence-electron chi connectivity index (χ2n) is 28.7. The molecule has 0 aliphatic rings. The van der Waals surface area contributed by atoms with Crippen LogP contribution in [0.15, 0.2) is 0 Å². The van der Waals surface area contributed by atoms with Crippen LogP contribution < -0.4 is 0 Å². The Morgan fingerprint density at radius 2 is 0.531 bits per heavy atom. The Kier molecular flexibility index (Phi) is 66.2. The predicted molar refractivity (Wildman–Crippen MR) is 391 cm³/mol. The molecule has 0 radical (unpaired) electrons. The zero-order chi connectivity index (χ0) is 70.9. The van der Waals surface area contributed by atoms with Crippen LogP contribution in [-0.4, -0.2) is 96.7 Å². The average molecular weight is 1410 g/mol. The Bertz CT molecular complexity index is 1870. The lowest BCUT2D eigenvalue weighted by Crippen LogP contribution is -2.30. The maximum atomic E-state index is 13.1. The molecule has 0 aromatic carbocycles. The number of rotatable bonds is 75. The molecule has 0 saturated heterocycles. The van der Waals surface area contributed by atoms with Gasteiger partial charge in [-0.1, -0.05) is 344 Å². The third kappa shape index (κ3) is 67.9. The number of hydrogen-bond acceptors (Lipinski definition) is 15. The van der Waals surface area contributed by atoms with E-state index in [1.165, 1.54) is 199 Å². The van der Waals surface area contributed by atoms with Crippen LogP contribution in [0.1, 0.15) is 395 Å². The Balaban J connectivity index is 5.25. The molecule has 0 amide bonds. The Hall–Kier alpha value is -1.94. The van der Waals surface area contributed by atoms with Gasteiger partial charge in [-0.2, -0.15) is 0 Å². The van der Waals surface area contributed by atoms with Crippen molar-refractivity contribution in [1.29, 1.82) is 0 Å². The standard InChI is InChI=1S/C77H150O17P2/c1-8-11-12-13-14-15-16-17-18-19-23-26-31-36-44-51-58-74(79)87-64-72(93-76(81)60-53-46-37-32-27-24-21-20-22-25-30-35-42-49-56-69(6)9-2)66-91-95(83,84)89-62-71(78)63-90-96(85,86)92-67-73(65-88-75(80)59-52-45-40-39-43-50-57-70(7)10-3)94-77(82)61-54-47-38-33-28-29-34-41-48-55-68(4)5/h68-73,78H,8-67H2,1-7H3,(H,83,84)(H,85,86)/t69?,70?,71-,72-,73-/m1/s1. The summed E-state index contributed by atoms with van der Waals surface area (Å²) in [5, 5.41) is 10.6. The summed E-state index contributed by atoms with van der Waals surface area (Å²) in [6.45, 7) is 11.9. The van der Waals surface area contributed by atoms with Gasteiger partial charge >= 0.3 is 39.5 Å². The van der Waals surface area contributed by atoms with Crippen molar-refractivity contribution < 1.29 is 80.2 Å². The predicted octanol–water partition coefficient (Wildman–Crippen LogP) is 22.6. The number of aliphatic hydroxyl groups is 1. The van der Waals surface area contributed by atoms with Gasteiger partial charge in [0.2, 0.25) is 0 Å². The second-order valence-corrected chi connectivity index (χ2v) is 31.6. The fraction of sp³-hybridized carbons (Fsp3) is 0.948. The summed E-state index contributed by atoms with van der Waals surface area (Å²) in [6.07, 6.45) is 54.1. The molecule has 0 heterocycles. The van der Waals surface area contributed by atoms with Crippen LogP contribution >= 0.6 is 15.6 Å². The van der Waals surface area contributed by atoms with Crippen LogP contribution in [0.25, 0.3) is 0 Å². The van der Waals surface area contributed by atoms with Gasteiger partial charge < -0.3 is 33.8 Å². The van der Waals surface area contributed by atoms with E-state index < -0.39 is 97.5 Å². The Labute approximate surface area is 588 Å². The molecule has 0 aliphatic carbocycles. The van der Waals surface area contributed by atoms with E-state index in [1.54, 1.807) is 0 Å². The molecule has 0 rings (SSSR count). The first-order valence-corrected chi connectivity index (χ1v) is 42.9. The summed E-state index contributed by atoms with van der Waals surface area (Å²) in [6, 6.07) is 0. The fourth-order valence-electron chi connectivity index (χ4n) is 11.7. The van der Waals surface area contributed by atoms with Gasteiger partial charge in [-0.15, -0.1) is 0 Å². The van der Waals surface area contributed by atoms with Gasteiger partial charge in [0.25, 0.3) is 0 Å². The van der Waals surface area contributed by atoms with E-state index in [0.29, 0.717) is 25.7 Å². The molecule has 0 aliphatic heterocycles. The number of ether oxygens (including phenoxy) is 4. The molecule has 17 nitrogen and oxygen atoms in total. The lowest BCUT2D eigenvalue weighted by Gasteiger charge is -2.21. The summed E-state index contributed by atoms with van der Waals surface area (Å²) in [7, 11) is -9.91. The maximum absolute atomic E-state index is 13.1. The molecule has 4 unspecified atom stereocenters. The zero-order valence-electron chi connectivity index (χ0n) is 62.8. The number of phosphoric acid groups is 2. The molecular formula is C77H150O17P2. The molecule has 570 valence electrons. The number of unbranched alkanes of at least 4 members (excludes halogenated alkanes) is 41. The molecular weight excluding hydrogens is 1260 g/mol. The van der Waals surface area contributed by atoms with E-state index in [0.717, 1.165) is 114 Å². The van der Waals surface area contributed by atoms with Crippen molar-refractivity contribution in [3.8, 4) is 0 Å². The number of phosphoric ester groups is 2. The lowest BCUT2D eigenvalue weighted by molar-refractivity contribution is -0.161. The van der Waals surface area contributed by atoms with E-state index in [2.05, 4.69) is 48.5 Å². The van der Waals surface area contributed by atoms with Crippen LogP contribution in [0.2, 0.25) is 0 Å². The van der Waals surface area contributed by atoms with Gasteiger partial charge in [-0.25, -0.2) is 9.13 Å². The summed E-state index contributed by atoms with van der Waals surface area (Å²) in [5.74, 6) is 0.196. The zero-order valence-corrected chi connectivity index (χ0v) is 64.6. The van der Waals surface area contributed by atoms with Crippen molar-refractivity contribution >= 4 is 39.5 Å². The normalized spacial score (nSPS) is 14.6. The average Bonchev–Trinajstić information content (AvgIpc) is 1.35. The fourth-order valence-corrected chi connectivity index (χ4v) is 13.3. The van der Waals surface area contributed by atoms with Crippen molar-refractivity contribution in [2.45, 2.75) is 414 Å². The second kappa shape index (κ2) is 67.5. The molecule has 0 aromatic rings. The minimum atomic E-state index is -4.96. The molecule has 3 N–H and O–H groups in total. The van der Waals surface area contributed by atoms with Gasteiger partial charge in [-0.05, 0) is 43.4 Å². The molecule has 0 bridgehead atoms. The third-order valence-corrected chi connectivity index (χ3v) is 20.5. The van der Waals surface area contributed by atoms with Crippen LogP contribution in [0.3, 0.4) is 0 Å². The lowest BCUT2D eigenvalue weighted by atomic mass is 9.99. The van der Waals surface area contributed by atoms with Crippen molar-refractivity contribution in [3.63, 3.8) is 0 Å². The summed E-state index contributed by atoms with van der Waals surface area (Å²) < 4.78 is 68.6. The highest BCUT2D eigenvalue weighted by Crippen LogP contribution is 2.45. The van der Waals surface area contributed by atoms with Gasteiger partial charge in [0, 0.05) is 25.7 Å². The molecule has 96 heavy (non-hydrogen) atoms. The van der Waals surface area contributed by atoms with Crippen LogP contribution in [0, 0.1) is 17.8 Å². The van der Waals surface area contributed by atoms with Crippen molar-refractivity contribution in [2.24, 2.45) is 17.8 Å². The van der Waals surface area contributed by atoms with E-state index >= 15 is 0 Å². The van der Waals surface area contributed by atoms with Gasteiger partial charge in [-0.3, -0.25) is 37.3 Å². The summed E-state index contributed by atoms with van der Waals surface area (Å²) >= 11 is 0. The third-order valence-electron chi connectivity index (χ3n) is 18.6. The minimum absolute atomic E-state index is 0.104. The molecule has 0 spiro atoms. The van der Waals surface area contributed by atoms with Gasteiger partial charge in [0.1, 0.15) is 19.3 Å². The summed E-state index contributed by atoms with van der Waals surface area (Å²) in [5.41, 5.74) is 0. The first-order chi connectivity index (χ1) is 46.3. The first kappa shape index (κ1) is 94.1. The van der Waals surface area contributed by atoms with E-state index in [1.807, 2.05) is 0 Å². The van der Waals surface area contributed by atoms with Gasteiger partial charge in [0.15, 0.2) is 12.2 Å². The van der Waals surface area contributed by atoms with Crippen LogP contribution in [0.5, 0.6) is 0 Å². The number of carbonyl (C=O) groups excluding carboxylic acids is 4. The number of esters is 4. The van der Waals surface area contributed by atoms with E-state index in [4.69, 9.17) is 37.0 Å². The largest absolute Gasteiger partial charge is 0.472 e. The molecule has 19 heteroatoms. The molecule has 7 atom stereocenters.